The number of esters is 2. The quantitative estimate of drug-likeness (QED) is 0.0503. The van der Waals surface area contributed by atoms with Crippen molar-refractivity contribution in [3.8, 4) is 0 Å². The van der Waals surface area contributed by atoms with Gasteiger partial charge in [-0.05, 0) is 69.8 Å². The zero-order valence-corrected chi connectivity index (χ0v) is 35.9. The molecule has 0 aromatic rings. The summed E-state index contributed by atoms with van der Waals surface area (Å²) in [7, 11) is 1.42. The number of carbonyl (C=O) groups is 4. The molecule has 17 heteroatoms. The Morgan fingerprint density at radius 3 is 1.69 bits per heavy atom. The summed E-state index contributed by atoms with van der Waals surface area (Å²) >= 11 is 0. The molecule has 0 saturated carbocycles. The van der Waals surface area contributed by atoms with Crippen LogP contribution in [0, 0.1) is 0 Å². The van der Waals surface area contributed by atoms with E-state index in [2.05, 4.69) is 0 Å². The number of hydrogen-bond donors (Lipinski definition) is 6. The van der Waals surface area contributed by atoms with Crippen molar-refractivity contribution in [2.45, 2.75) is 162 Å². The van der Waals surface area contributed by atoms with Crippen LogP contribution < -0.4 is 51.4 Å². The fourth-order valence-electron chi connectivity index (χ4n) is 3.97. The van der Waals surface area contributed by atoms with Crippen molar-refractivity contribution < 1.29 is 140 Å². The average Bonchev–Trinajstić information content (AvgIpc) is 2.86. The Bertz CT molecular complexity index is 914. The number of aliphatic hydroxyl groups is 5. The number of Topliss-reactive ketones (excluding diaryl/α,β-unsaturated/α-hetero) is 2. The van der Waals surface area contributed by atoms with E-state index < -0.39 is 60.6 Å². The Balaban J connectivity index is -0.000000149. The molecule has 279 valence electrons. The molecule has 0 aromatic carbocycles. The minimum absolute atomic E-state index is 0. The van der Waals surface area contributed by atoms with Crippen molar-refractivity contribution in [1.29, 1.82) is 0 Å². The maximum Gasteiger partial charge on any atom is 1.00 e. The summed E-state index contributed by atoms with van der Waals surface area (Å²) in [6.07, 6.45) is -1.07. The first kappa shape index (κ1) is 57.5. The monoisotopic (exact) mass is 778 g/mol. The van der Waals surface area contributed by atoms with Gasteiger partial charge in [-0.3, -0.25) is 19.2 Å². The fraction of sp³-hybridized carbons (Fsp3) is 0.806. The second kappa shape index (κ2) is 33.1. The van der Waals surface area contributed by atoms with Gasteiger partial charge in [0.2, 0.25) is 5.79 Å². The van der Waals surface area contributed by atoms with E-state index in [9.17, 15) is 29.4 Å². The van der Waals surface area contributed by atoms with Crippen LogP contribution in [0.3, 0.4) is 0 Å². The topological polar surface area (TPSA) is 227 Å². The van der Waals surface area contributed by atoms with E-state index in [1.807, 2.05) is 6.92 Å². The Morgan fingerprint density at radius 1 is 0.854 bits per heavy atom. The molecule has 48 heavy (non-hydrogen) atoms. The molecule has 8 unspecified atom stereocenters. The molecule has 0 fully saturated rings. The van der Waals surface area contributed by atoms with Crippen LogP contribution in [0.4, 0.5) is 0 Å². The van der Waals surface area contributed by atoms with E-state index >= 15 is 0 Å². The Hall–Kier alpha value is 0.191. The number of rotatable bonds is 16. The molecular formula is C31H60KO14PV. The van der Waals surface area contributed by atoms with Crippen molar-refractivity contribution in [2.24, 2.45) is 0 Å². The van der Waals surface area contributed by atoms with Gasteiger partial charge in [-0.2, -0.15) is 0 Å². The van der Waals surface area contributed by atoms with Crippen LogP contribution in [0.5, 0.6) is 0 Å². The van der Waals surface area contributed by atoms with E-state index in [1.54, 1.807) is 41.5 Å². The van der Waals surface area contributed by atoms with E-state index in [0.29, 0.717) is 31.4 Å². The van der Waals surface area contributed by atoms with Crippen LogP contribution in [-0.2, 0) is 56.7 Å². The molecule has 0 spiro atoms. The molecule has 8 atom stereocenters. The molecule has 0 saturated heterocycles. The maximum absolute atomic E-state index is 11.4. The van der Waals surface area contributed by atoms with E-state index in [4.69, 9.17) is 39.2 Å². The van der Waals surface area contributed by atoms with Crippen molar-refractivity contribution in [2.75, 3.05) is 0 Å². The van der Waals surface area contributed by atoms with Gasteiger partial charge in [-0.1, -0.05) is 13.8 Å². The minimum atomic E-state index is -0.830. The summed E-state index contributed by atoms with van der Waals surface area (Å²) in [5.41, 5.74) is 0. The molecule has 14 nitrogen and oxygen atoms in total. The summed E-state index contributed by atoms with van der Waals surface area (Å²) in [4.78, 5) is 51.4. The molecular weight excluding hydrogens is 717 g/mol. The van der Waals surface area contributed by atoms with Gasteiger partial charge in [0, 0.05) is 51.3 Å². The zero-order valence-electron chi connectivity index (χ0n) is 31.2. The summed E-state index contributed by atoms with van der Waals surface area (Å²) in [6.45, 7) is 14.8. The SMILES string of the molecule is CC1=CC(O)OC(C)(C)O1.CCC(CC(O)CC(C)OC(=O)CC(C)=O)OC(=O)CC(C)=O.CCC(O)CC(O)CC(C)O.OP.[2H-].[K+].[V]. The van der Waals surface area contributed by atoms with Gasteiger partial charge in [-0.15, -0.1) is 0 Å². The second-order valence-electron chi connectivity index (χ2n) is 11.5. The van der Waals surface area contributed by atoms with E-state index in [-0.39, 0.29) is 109 Å². The van der Waals surface area contributed by atoms with Crippen molar-refractivity contribution >= 4 is 33.0 Å². The summed E-state index contributed by atoms with van der Waals surface area (Å²) in [6, 6.07) is 0. The largest absolute Gasteiger partial charge is 1.00 e. The number of carbonyl (C=O) groups excluding carboxylic acids is 4. The van der Waals surface area contributed by atoms with Crippen LogP contribution >= 0.6 is 9.47 Å². The van der Waals surface area contributed by atoms with Crippen LogP contribution in [0.25, 0.3) is 0 Å². The van der Waals surface area contributed by atoms with E-state index in [0.717, 1.165) is 0 Å². The standard InChI is InChI=1S/C16H26O7.C8H18O3.C7H12O3.K.H3OP.V.H/c1-5-14(23-16(21)7-11(3)18)9-13(19)8-12(4)22-15(20)6-10(2)17;1-3-7(10)5-8(11)4-6(2)9;1-5-4-6(8)10-7(2,3)9-5;;1-2;;/h12-14,19H,5-9H2,1-4H3;6-11H,3-5H2,1-2H3;4,6,8H,1-3H3;;1H,2H2;;/q;;;+1;;;-1/i;;;;;;1+1. The van der Waals surface area contributed by atoms with Gasteiger partial charge in [0.05, 0.1) is 30.2 Å². The molecule has 1 aliphatic rings. The number of ether oxygens (including phenoxy) is 4. The second-order valence-corrected chi connectivity index (χ2v) is 11.5. The number of hydrogen-bond acceptors (Lipinski definition) is 14. The normalized spacial score (nSPS) is 17.9. The van der Waals surface area contributed by atoms with Gasteiger partial charge in [-0.25, -0.2) is 0 Å². The van der Waals surface area contributed by atoms with Gasteiger partial charge in [0.15, 0.2) is 6.29 Å². The Morgan fingerprint density at radius 2 is 1.31 bits per heavy atom. The van der Waals surface area contributed by atoms with Crippen LogP contribution in [0.15, 0.2) is 11.8 Å². The molecule has 0 aliphatic carbocycles. The van der Waals surface area contributed by atoms with Crippen LogP contribution in [0.1, 0.15) is 115 Å². The summed E-state index contributed by atoms with van der Waals surface area (Å²) in [5.74, 6) is -1.81. The fourth-order valence-corrected chi connectivity index (χ4v) is 3.97. The molecule has 6 N–H and O–H groups in total. The smallest absolute Gasteiger partial charge is 1.00 e. The predicted molar refractivity (Wildman–Crippen MR) is 174 cm³/mol. The van der Waals surface area contributed by atoms with Crippen LogP contribution in [0.2, 0.25) is 0 Å². The first-order valence-electron chi connectivity index (χ1n) is 15.3. The molecule has 1 aliphatic heterocycles. The van der Waals surface area contributed by atoms with Crippen molar-refractivity contribution in [1.82, 2.24) is 0 Å². The molecule has 1 radical (unpaired) electrons. The van der Waals surface area contributed by atoms with Crippen molar-refractivity contribution in [3.05, 3.63) is 11.8 Å². The summed E-state index contributed by atoms with van der Waals surface area (Å²) < 4.78 is 20.4. The third kappa shape index (κ3) is 37.4. The number of aliphatic hydroxyl groups excluding tert-OH is 5. The van der Waals surface area contributed by atoms with Gasteiger partial charge < -0.3 is 50.8 Å². The minimum Gasteiger partial charge on any atom is -1.00 e. The number of ketones is 2. The number of allylic oxidation sites excluding steroid dienone is 1. The Kier molecular flexibility index (Phi) is 39.6. The average molecular weight is 779 g/mol. The van der Waals surface area contributed by atoms with E-state index in [1.165, 1.54) is 29.4 Å². The van der Waals surface area contributed by atoms with Crippen LogP contribution in [-0.4, -0.2) is 103 Å². The first-order valence-corrected chi connectivity index (χ1v) is 15.8. The molecule has 1 rings (SSSR count). The van der Waals surface area contributed by atoms with Gasteiger partial charge in [0.25, 0.3) is 0 Å². The molecule has 0 aromatic heterocycles. The third-order valence-corrected chi connectivity index (χ3v) is 5.83. The van der Waals surface area contributed by atoms with Crippen molar-refractivity contribution in [3.63, 3.8) is 0 Å². The first-order chi connectivity index (χ1) is 21.2. The summed E-state index contributed by atoms with van der Waals surface area (Å²) in [5, 5.41) is 46.2. The Labute approximate surface area is 344 Å². The maximum atomic E-state index is 11.4. The predicted octanol–water partition coefficient (Wildman–Crippen LogP) is -0.507. The molecule has 1 heterocycles. The van der Waals surface area contributed by atoms with Gasteiger partial charge >= 0.3 is 63.3 Å². The molecule has 0 bridgehead atoms. The zero-order chi connectivity index (χ0) is 36.6. The van der Waals surface area contributed by atoms with Gasteiger partial charge in [0.1, 0.15) is 36.6 Å². The molecule has 0 amide bonds. The third-order valence-electron chi connectivity index (χ3n) is 5.83.